The molecule has 0 aliphatic rings. The van der Waals surface area contributed by atoms with Gasteiger partial charge in [-0.05, 0) is 24.1 Å². The van der Waals surface area contributed by atoms with Crippen LogP contribution in [0.1, 0.15) is 30.5 Å². The second kappa shape index (κ2) is 7.32. The number of hydrogen-bond acceptors (Lipinski definition) is 2. The van der Waals surface area contributed by atoms with Crippen LogP contribution in [0.4, 0.5) is 0 Å². The van der Waals surface area contributed by atoms with E-state index in [0.29, 0.717) is 0 Å². The Morgan fingerprint density at radius 3 is 2.50 bits per heavy atom. The molecule has 2 nitrogen and oxygen atoms in total. The summed E-state index contributed by atoms with van der Waals surface area (Å²) in [6, 6.07) is 16.3. The van der Waals surface area contributed by atoms with Gasteiger partial charge in [0.2, 0.25) is 0 Å². The number of methoxy groups -OCH3 is 1. The molecule has 2 aromatic rings. The van der Waals surface area contributed by atoms with E-state index in [2.05, 4.69) is 18.3 Å². The van der Waals surface area contributed by atoms with Crippen LogP contribution < -0.4 is 10.1 Å². The average Bonchev–Trinajstić information content (AvgIpc) is 2.50. The second-order valence-electron chi connectivity index (χ2n) is 4.68. The summed E-state index contributed by atoms with van der Waals surface area (Å²) in [4.78, 5) is 0. The molecule has 0 aliphatic carbocycles. The molecule has 0 amide bonds. The minimum Gasteiger partial charge on any atom is -0.496 e. The number of hydrogen-bond donors (Lipinski definition) is 1. The highest BCUT2D eigenvalue weighted by Crippen LogP contribution is 2.27. The van der Waals surface area contributed by atoms with Crippen LogP contribution in [0, 0.1) is 0 Å². The van der Waals surface area contributed by atoms with Crippen molar-refractivity contribution in [2.45, 2.75) is 25.9 Å². The van der Waals surface area contributed by atoms with E-state index in [1.54, 1.807) is 7.11 Å². The van der Waals surface area contributed by atoms with Gasteiger partial charge in [-0.1, -0.05) is 54.9 Å². The van der Waals surface area contributed by atoms with E-state index in [-0.39, 0.29) is 6.04 Å². The maximum absolute atomic E-state index is 6.19. The van der Waals surface area contributed by atoms with Gasteiger partial charge in [0.1, 0.15) is 5.75 Å². The molecular weight excluding hydrogens is 270 g/mol. The third kappa shape index (κ3) is 3.53. The summed E-state index contributed by atoms with van der Waals surface area (Å²) in [5.74, 6) is 0.922. The van der Waals surface area contributed by atoms with Gasteiger partial charge < -0.3 is 10.1 Å². The molecule has 2 aromatic carbocycles. The molecule has 0 bridgehead atoms. The van der Waals surface area contributed by atoms with E-state index in [4.69, 9.17) is 16.3 Å². The summed E-state index contributed by atoms with van der Waals surface area (Å²) in [7, 11) is 1.71. The monoisotopic (exact) mass is 289 g/mol. The van der Waals surface area contributed by atoms with Crippen molar-refractivity contribution in [2.75, 3.05) is 7.11 Å². The topological polar surface area (TPSA) is 21.3 Å². The molecule has 3 heteroatoms. The number of ether oxygens (including phenoxy) is 1. The Kier molecular flexibility index (Phi) is 5.45. The lowest BCUT2D eigenvalue weighted by Gasteiger charge is -2.20. The van der Waals surface area contributed by atoms with Crippen molar-refractivity contribution < 1.29 is 4.74 Å². The molecule has 2 rings (SSSR count). The SMILES string of the molecule is CCC(NCc1ccccc1Cl)c1ccccc1OC. The molecule has 106 valence electrons. The van der Waals surface area contributed by atoms with E-state index in [1.165, 1.54) is 5.56 Å². The molecule has 0 saturated carbocycles. The van der Waals surface area contributed by atoms with E-state index in [0.717, 1.165) is 29.3 Å². The normalized spacial score (nSPS) is 12.2. The Labute approximate surface area is 125 Å². The van der Waals surface area contributed by atoms with Gasteiger partial charge in [0, 0.05) is 23.2 Å². The van der Waals surface area contributed by atoms with Crippen molar-refractivity contribution in [1.82, 2.24) is 5.32 Å². The molecule has 1 atom stereocenters. The Bertz CT molecular complexity index is 556. The largest absolute Gasteiger partial charge is 0.496 e. The zero-order chi connectivity index (χ0) is 14.4. The molecule has 0 fully saturated rings. The predicted molar refractivity (Wildman–Crippen MR) is 84.3 cm³/mol. The van der Waals surface area contributed by atoms with Gasteiger partial charge in [-0.15, -0.1) is 0 Å². The van der Waals surface area contributed by atoms with Gasteiger partial charge in [0.05, 0.1) is 7.11 Å². The Hall–Kier alpha value is -1.51. The zero-order valence-corrected chi connectivity index (χ0v) is 12.7. The van der Waals surface area contributed by atoms with Crippen molar-refractivity contribution in [2.24, 2.45) is 0 Å². The highest BCUT2D eigenvalue weighted by Gasteiger charge is 2.13. The first-order valence-electron chi connectivity index (χ1n) is 6.86. The standard InChI is InChI=1S/C17H20ClNO/c1-3-16(14-9-5-7-11-17(14)20-2)19-12-13-8-4-6-10-15(13)18/h4-11,16,19H,3,12H2,1-2H3. The predicted octanol–water partition coefficient (Wildman–Crippen LogP) is 4.59. The number of halogens is 1. The van der Waals surface area contributed by atoms with Crippen molar-refractivity contribution in [3.63, 3.8) is 0 Å². The van der Waals surface area contributed by atoms with Crippen molar-refractivity contribution in [3.8, 4) is 5.75 Å². The zero-order valence-electron chi connectivity index (χ0n) is 11.9. The number of para-hydroxylation sites is 1. The van der Waals surface area contributed by atoms with Gasteiger partial charge in [-0.25, -0.2) is 0 Å². The first-order chi connectivity index (χ1) is 9.76. The Morgan fingerprint density at radius 2 is 1.80 bits per heavy atom. The Morgan fingerprint density at radius 1 is 1.10 bits per heavy atom. The molecule has 20 heavy (non-hydrogen) atoms. The van der Waals surface area contributed by atoms with Gasteiger partial charge in [0.15, 0.2) is 0 Å². The summed E-state index contributed by atoms with van der Waals surface area (Å²) >= 11 is 6.19. The fourth-order valence-corrected chi connectivity index (χ4v) is 2.51. The van der Waals surface area contributed by atoms with Crippen molar-refractivity contribution >= 4 is 11.6 Å². The van der Waals surface area contributed by atoms with E-state index >= 15 is 0 Å². The summed E-state index contributed by atoms with van der Waals surface area (Å²) in [6.45, 7) is 2.91. The van der Waals surface area contributed by atoms with Gasteiger partial charge >= 0.3 is 0 Å². The fraction of sp³-hybridized carbons (Fsp3) is 0.294. The first kappa shape index (κ1) is 14.9. The molecule has 0 radical (unpaired) electrons. The lowest BCUT2D eigenvalue weighted by molar-refractivity contribution is 0.396. The van der Waals surface area contributed by atoms with Crippen LogP contribution in [0.15, 0.2) is 48.5 Å². The van der Waals surface area contributed by atoms with Crippen molar-refractivity contribution in [3.05, 3.63) is 64.7 Å². The van der Waals surface area contributed by atoms with Crippen LogP contribution >= 0.6 is 11.6 Å². The average molecular weight is 290 g/mol. The summed E-state index contributed by atoms with van der Waals surface area (Å²) in [5, 5.41) is 4.35. The van der Waals surface area contributed by atoms with Crippen LogP contribution in [0.25, 0.3) is 0 Å². The molecule has 1 N–H and O–H groups in total. The van der Waals surface area contributed by atoms with Crippen LogP contribution in [0.5, 0.6) is 5.75 Å². The smallest absolute Gasteiger partial charge is 0.123 e. The number of rotatable bonds is 6. The van der Waals surface area contributed by atoms with Crippen LogP contribution in [0.3, 0.4) is 0 Å². The van der Waals surface area contributed by atoms with Gasteiger partial charge in [-0.3, -0.25) is 0 Å². The van der Waals surface area contributed by atoms with Crippen LogP contribution in [-0.2, 0) is 6.54 Å². The molecule has 0 spiro atoms. The molecule has 0 heterocycles. The van der Waals surface area contributed by atoms with Crippen LogP contribution in [0.2, 0.25) is 5.02 Å². The number of benzene rings is 2. The van der Waals surface area contributed by atoms with E-state index in [1.807, 2.05) is 42.5 Å². The van der Waals surface area contributed by atoms with Gasteiger partial charge in [-0.2, -0.15) is 0 Å². The lowest BCUT2D eigenvalue weighted by atomic mass is 10.0. The lowest BCUT2D eigenvalue weighted by Crippen LogP contribution is -2.21. The summed E-state index contributed by atoms with van der Waals surface area (Å²) in [6.07, 6.45) is 0.991. The number of nitrogens with one attached hydrogen (secondary N) is 1. The first-order valence-corrected chi connectivity index (χ1v) is 7.23. The van der Waals surface area contributed by atoms with Gasteiger partial charge in [0.25, 0.3) is 0 Å². The third-order valence-corrected chi connectivity index (χ3v) is 3.79. The maximum atomic E-state index is 6.19. The third-order valence-electron chi connectivity index (χ3n) is 3.42. The maximum Gasteiger partial charge on any atom is 0.123 e. The quantitative estimate of drug-likeness (QED) is 0.840. The molecule has 0 aliphatic heterocycles. The highest BCUT2D eigenvalue weighted by molar-refractivity contribution is 6.31. The van der Waals surface area contributed by atoms with Crippen LogP contribution in [-0.4, -0.2) is 7.11 Å². The summed E-state index contributed by atoms with van der Waals surface area (Å²) < 4.78 is 5.44. The Balaban J connectivity index is 2.11. The summed E-state index contributed by atoms with van der Waals surface area (Å²) in [5.41, 5.74) is 2.30. The minimum absolute atomic E-state index is 0.252. The minimum atomic E-state index is 0.252. The van der Waals surface area contributed by atoms with E-state index in [9.17, 15) is 0 Å². The van der Waals surface area contributed by atoms with Crippen molar-refractivity contribution in [1.29, 1.82) is 0 Å². The highest BCUT2D eigenvalue weighted by atomic mass is 35.5. The fourth-order valence-electron chi connectivity index (χ4n) is 2.30. The molecule has 1 unspecified atom stereocenters. The molecular formula is C17H20ClNO. The second-order valence-corrected chi connectivity index (χ2v) is 5.08. The molecule has 0 saturated heterocycles. The van der Waals surface area contributed by atoms with E-state index < -0.39 is 0 Å². The molecule has 0 aromatic heterocycles.